The summed E-state index contributed by atoms with van der Waals surface area (Å²) in [5, 5.41) is 3.33. The van der Waals surface area contributed by atoms with Gasteiger partial charge in [0.2, 0.25) is 0 Å². The van der Waals surface area contributed by atoms with E-state index in [1.165, 1.54) is 7.11 Å². The van der Waals surface area contributed by atoms with E-state index in [1.807, 2.05) is 6.07 Å². The number of esters is 1. The Morgan fingerprint density at radius 1 is 1.40 bits per heavy atom. The molecule has 1 aliphatic rings. The van der Waals surface area contributed by atoms with Crippen molar-refractivity contribution in [3.8, 4) is 0 Å². The van der Waals surface area contributed by atoms with Crippen molar-refractivity contribution in [3.63, 3.8) is 0 Å². The van der Waals surface area contributed by atoms with Crippen molar-refractivity contribution in [2.24, 2.45) is 0 Å². The van der Waals surface area contributed by atoms with Crippen LogP contribution in [0.4, 0.5) is 0 Å². The number of nitrogens with one attached hydrogen (secondary N) is 2. The van der Waals surface area contributed by atoms with Crippen molar-refractivity contribution >= 4 is 17.0 Å². The molecule has 6 nitrogen and oxygen atoms in total. The van der Waals surface area contributed by atoms with E-state index in [1.54, 1.807) is 12.1 Å². The summed E-state index contributed by atoms with van der Waals surface area (Å²) in [5.41, 5.74) is 2.29. The third-order valence-electron chi connectivity index (χ3n) is 3.54. The normalized spacial score (nSPS) is 16.4. The molecular formula is C14H18N4O2. The van der Waals surface area contributed by atoms with Crippen molar-refractivity contribution in [2.75, 3.05) is 33.3 Å². The second-order valence-corrected chi connectivity index (χ2v) is 4.93. The minimum atomic E-state index is -0.329. The number of aromatic nitrogens is 2. The maximum Gasteiger partial charge on any atom is 0.337 e. The van der Waals surface area contributed by atoms with Gasteiger partial charge in [-0.1, -0.05) is 0 Å². The summed E-state index contributed by atoms with van der Waals surface area (Å²) in [6.45, 7) is 4.91. The van der Waals surface area contributed by atoms with E-state index in [0.717, 1.165) is 49.6 Å². The van der Waals surface area contributed by atoms with Crippen molar-refractivity contribution < 1.29 is 9.53 Å². The molecule has 6 heteroatoms. The highest BCUT2D eigenvalue weighted by Crippen LogP contribution is 2.15. The molecule has 2 aromatic rings. The highest BCUT2D eigenvalue weighted by molar-refractivity contribution is 5.93. The number of aromatic amines is 1. The molecule has 3 rings (SSSR count). The van der Waals surface area contributed by atoms with Crippen molar-refractivity contribution in [3.05, 3.63) is 29.6 Å². The molecule has 20 heavy (non-hydrogen) atoms. The Bertz CT molecular complexity index is 617. The summed E-state index contributed by atoms with van der Waals surface area (Å²) in [6, 6.07) is 5.37. The zero-order valence-electron chi connectivity index (χ0n) is 11.5. The van der Waals surface area contributed by atoms with Crippen LogP contribution >= 0.6 is 0 Å². The zero-order chi connectivity index (χ0) is 13.9. The van der Waals surface area contributed by atoms with Crippen LogP contribution in [-0.2, 0) is 11.3 Å². The smallest absolute Gasteiger partial charge is 0.337 e. The largest absolute Gasteiger partial charge is 0.465 e. The van der Waals surface area contributed by atoms with E-state index < -0.39 is 0 Å². The van der Waals surface area contributed by atoms with Gasteiger partial charge in [-0.2, -0.15) is 0 Å². The number of carbonyl (C=O) groups excluding carboxylic acids is 1. The monoisotopic (exact) mass is 274 g/mol. The van der Waals surface area contributed by atoms with Gasteiger partial charge in [0.25, 0.3) is 0 Å². The molecule has 0 spiro atoms. The van der Waals surface area contributed by atoms with E-state index in [-0.39, 0.29) is 5.97 Å². The van der Waals surface area contributed by atoms with E-state index in [0.29, 0.717) is 5.56 Å². The van der Waals surface area contributed by atoms with Gasteiger partial charge >= 0.3 is 5.97 Å². The Hall–Kier alpha value is -1.92. The fraction of sp³-hybridized carbons (Fsp3) is 0.429. The van der Waals surface area contributed by atoms with Crippen LogP contribution in [0.25, 0.3) is 11.0 Å². The average molecular weight is 274 g/mol. The number of nitrogens with zero attached hydrogens (tertiary/aromatic N) is 2. The number of hydrogen-bond acceptors (Lipinski definition) is 5. The fourth-order valence-electron chi connectivity index (χ4n) is 2.46. The van der Waals surface area contributed by atoms with E-state index in [9.17, 15) is 4.79 Å². The molecule has 1 aromatic carbocycles. The van der Waals surface area contributed by atoms with E-state index >= 15 is 0 Å². The number of fused-ring (bicyclic) bond motifs is 1. The van der Waals surface area contributed by atoms with Crippen LogP contribution in [0.5, 0.6) is 0 Å². The predicted molar refractivity (Wildman–Crippen MR) is 75.6 cm³/mol. The summed E-state index contributed by atoms with van der Waals surface area (Å²) in [6.07, 6.45) is 0. The Balaban J connectivity index is 1.81. The highest BCUT2D eigenvalue weighted by Gasteiger charge is 2.13. The van der Waals surface area contributed by atoms with Crippen molar-refractivity contribution in [1.29, 1.82) is 0 Å². The SMILES string of the molecule is COC(=O)c1ccc2nc(CN3CCNCC3)[nH]c2c1. The molecule has 0 unspecified atom stereocenters. The summed E-state index contributed by atoms with van der Waals surface area (Å²) in [5.74, 6) is 0.606. The Labute approximate surface area is 117 Å². The lowest BCUT2D eigenvalue weighted by Crippen LogP contribution is -2.43. The number of rotatable bonds is 3. The Morgan fingerprint density at radius 2 is 2.20 bits per heavy atom. The van der Waals surface area contributed by atoms with Gasteiger partial charge in [-0.15, -0.1) is 0 Å². The van der Waals surface area contributed by atoms with E-state index in [4.69, 9.17) is 4.74 Å². The molecule has 106 valence electrons. The molecule has 0 saturated carbocycles. The number of ether oxygens (including phenoxy) is 1. The fourth-order valence-corrected chi connectivity index (χ4v) is 2.46. The molecule has 1 saturated heterocycles. The molecule has 0 aliphatic carbocycles. The van der Waals surface area contributed by atoms with Crippen LogP contribution in [0.1, 0.15) is 16.2 Å². The number of H-pyrrole nitrogens is 1. The van der Waals surface area contributed by atoms with Gasteiger partial charge in [0.1, 0.15) is 5.82 Å². The molecule has 1 aromatic heterocycles. The standard InChI is InChI=1S/C14H18N4O2/c1-20-14(19)10-2-3-11-12(8-10)17-13(16-11)9-18-6-4-15-5-7-18/h2-3,8,15H,4-7,9H2,1H3,(H,16,17). The van der Waals surface area contributed by atoms with Gasteiger partial charge in [0.05, 0.1) is 30.3 Å². The molecule has 0 amide bonds. The third-order valence-corrected chi connectivity index (χ3v) is 3.54. The number of benzene rings is 1. The van der Waals surface area contributed by atoms with Gasteiger partial charge in [-0.25, -0.2) is 9.78 Å². The Kier molecular flexibility index (Phi) is 3.66. The molecule has 1 aliphatic heterocycles. The lowest BCUT2D eigenvalue weighted by atomic mass is 10.2. The topological polar surface area (TPSA) is 70.2 Å². The Morgan fingerprint density at radius 3 is 2.95 bits per heavy atom. The number of methoxy groups -OCH3 is 1. The van der Waals surface area contributed by atoms with E-state index in [2.05, 4.69) is 20.2 Å². The summed E-state index contributed by atoms with van der Waals surface area (Å²) < 4.78 is 4.73. The van der Waals surface area contributed by atoms with Gasteiger partial charge < -0.3 is 15.0 Å². The molecule has 2 heterocycles. The van der Waals surface area contributed by atoms with Gasteiger partial charge in [0, 0.05) is 26.2 Å². The second kappa shape index (κ2) is 5.60. The minimum absolute atomic E-state index is 0.329. The molecule has 0 radical (unpaired) electrons. The van der Waals surface area contributed by atoms with Crippen molar-refractivity contribution in [1.82, 2.24) is 20.2 Å². The maximum atomic E-state index is 11.5. The van der Waals surface area contributed by atoms with Crippen LogP contribution in [-0.4, -0.2) is 54.1 Å². The second-order valence-electron chi connectivity index (χ2n) is 4.93. The molecule has 2 N–H and O–H groups in total. The molecule has 1 fully saturated rings. The minimum Gasteiger partial charge on any atom is -0.465 e. The number of carbonyl (C=O) groups is 1. The zero-order valence-corrected chi connectivity index (χ0v) is 11.5. The number of piperazine rings is 1. The first-order valence-corrected chi connectivity index (χ1v) is 6.76. The first-order valence-electron chi connectivity index (χ1n) is 6.76. The van der Waals surface area contributed by atoms with Gasteiger partial charge in [-0.3, -0.25) is 4.90 Å². The highest BCUT2D eigenvalue weighted by atomic mass is 16.5. The maximum absolute atomic E-state index is 11.5. The number of hydrogen-bond donors (Lipinski definition) is 2. The van der Waals surface area contributed by atoms with Crippen molar-refractivity contribution in [2.45, 2.75) is 6.54 Å². The van der Waals surface area contributed by atoms with Crippen LogP contribution in [0, 0.1) is 0 Å². The summed E-state index contributed by atoms with van der Waals surface area (Å²) in [4.78, 5) is 21.7. The summed E-state index contributed by atoms with van der Waals surface area (Å²) >= 11 is 0. The molecular weight excluding hydrogens is 256 g/mol. The van der Waals surface area contributed by atoms with Crippen LogP contribution in [0.3, 0.4) is 0 Å². The average Bonchev–Trinajstić information content (AvgIpc) is 2.88. The molecule has 0 bridgehead atoms. The first kappa shape index (κ1) is 13.1. The van der Waals surface area contributed by atoms with Crippen LogP contribution < -0.4 is 5.32 Å². The van der Waals surface area contributed by atoms with Crippen LogP contribution in [0.2, 0.25) is 0 Å². The lowest BCUT2D eigenvalue weighted by molar-refractivity contribution is 0.0601. The third kappa shape index (κ3) is 2.66. The first-order chi connectivity index (χ1) is 9.76. The quantitative estimate of drug-likeness (QED) is 0.808. The van der Waals surface area contributed by atoms with Crippen LogP contribution in [0.15, 0.2) is 18.2 Å². The summed E-state index contributed by atoms with van der Waals surface area (Å²) in [7, 11) is 1.38. The van der Waals surface area contributed by atoms with Gasteiger partial charge in [0.15, 0.2) is 0 Å². The van der Waals surface area contributed by atoms with Gasteiger partial charge in [-0.05, 0) is 18.2 Å². The lowest BCUT2D eigenvalue weighted by Gasteiger charge is -2.26. The number of imidazole rings is 1. The predicted octanol–water partition coefficient (Wildman–Crippen LogP) is 0.755. The molecule has 0 atom stereocenters.